The van der Waals surface area contributed by atoms with E-state index in [0.717, 1.165) is 15.9 Å². The molecule has 0 radical (unpaired) electrons. The van der Waals surface area contributed by atoms with Crippen molar-refractivity contribution in [3.63, 3.8) is 0 Å². The first-order valence-electron chi connectivity index (χ1n) is 13.6. The molecule has 0 bridgehead atoms. The molecule has 3 atom stereocenters. The van der Waals surface area contributed by atoms with Crippen LogP contribution in [0.1, 0.15) is 57.8 Å². The van der Waals surface area contributed by atoms with Crippen molar-refractivity contribution >= 4 is 41.6 Å². The monoisotopic (exact) mass is 546 g/mol. The average Bonchev–Trinajstić information content (AvgIpc) is 2.93. The van der Waals surface area contributed by atoms with Gasteiger partial charge in [-0.2, -0.15) is 0 Å². The second kappa shape index (κ2) is 14.7. The Balaban J connectivity index is 1.87. The van der Waals surface area contributed by atoms with Gasteiger partial charge < -0.3 is 9.47 Å². The minimum Gasteiger partial charge on any atom is -0.465 e. The third kappa shape index (κ3) is 8.10. The molecular formula is C33H39O5P. The van der Waals surface area contributed by atoms with Gasteiger partial charge in [-0.05, 0) is 68.4 Å². The van der Waals surface area contributed by atoms with Gasteiger partial charge in [0.1, 0.15) is 17.8 Å². The molecule has 3 rings (SSSR count). The number of Topliss-reactive ketones (excluding diaryl/α,β-unsaturated/α-hetero) is 1. The normalized spacial score (nSPS) is 13.5. The Kier molecular flexibility index (Phi) is 11.4. The van der Waals surface area contributed by atoms with Crippen LogP contribution in [-0.2, 0) is 19.1 Å². The van der Waals surface area contributed by atoms with Gasteiger partial charge in [-0.15, -0.1) is 0 Å². The first-order chi connectivity index (χ1) is 18.7. The molecular weight excluding hydrogens is 507 g/mol. The van der Waals surface area contributed by atoms with Crippen molar-refractivity contribution in [3.05, 3.63) is 90.5 Å². The average molecular weight is 547 g/mol. The number of benzene rings is 3. The summed E-state index contributed by atoms with van der Waals surface area (Å²) in [6.07, 6.45) is 0.543. The van der Waals surface area contributed by atoms with Gasteiger partial charge in [0.25, 0.3) is 0 Å². The fourth-order valence-electron chi connectivity index (χ4n) is 4.84. The summed E-state index contributed by atoms with van der Waals surface area (Å²) in [6.45, 7) is 9.43. The van der Waals surface area contributed by atoms with E-state index in [1.54, 1.807) is 6.92 Å². The Morgan fingerprint density at radius 3 is 1.82 bits per heavy atom. The molecule has 206 valence electrons. The van der Waals surface area contributed by atoms with Gasteiger partial charge in [0, 0.05) is 0 Å². The number of hydrogen-bond acceptors (Lipinski definition) is 5. The van der Waals surface area contributed by atoms with Crippen molar-refractivity contribution in [2.75, 3.05) is 6.61 Å². The van der Waals surface area contributed by atoms with Crippen molar-refractivity contribution in [3.8, 4) is 0 Å². The highest BCUT2D eigenvalue weighted by Gasteiger charge is 2.31. The van der Waals surface area contributed by atoms with Crippen LogP contribution >= 0.6 is 7.92 Å². The highest BCUT2D eigenvalue weighted by atomic mass is 31.1. The zero-order chi connectivity index (χ0) is 28.4. The molecule has 0 aliphatic carbocycles. The molecule has 1 unspecified atom stereocenters. The molecule has 3 aromatic carbocycles. The van der Waals surface area contributed by atoms with Crippen molar-refractivity contribution in [1.29, 1.82) is 0 Å². The standard InChI is InChI=1S/C33H39O5P/c1-6-37-32(35)28(25(5)34)22-21-24(4)31(23(2)3)38-33(36)29-19-13-14-20-30(29)39(26-15-9-7-10-16-26)27-17-11-8-12-18-27/h7-20,23-24,28,31H,6,21-22H2,1-5H3/t24-,28?,31-/m1/s1. The molecule has 5 nitrogen and oxygen atoms in total. The third-order valence-corrected chi connectivity index (χ3v) is 9.33. The van der Waals surface area contributed by atoms with Gasteiger partial charge in [0.15, 0.2) is 0 Å². The Hall–Kier alpha value is -3.30. The van der Waals surface area contributed by atoms with Crippen LogP contribution in [0.15, 0.2) is 84.9 Å². The highest BCUT2D eigenvalue weighted by molar-refractivity contribution is 7.80. The van der Waals surface area contributed by atoms with E-state index in [-0.39, 0.29) is 36.3 Å². The molecule has 0 heterocycles. The van der Waals surface area contributed by atoms with Gasteiger partial charge in [-0.1, -0.05) is 99.6 Å². The molecule has 0 spiro atoms. The van der Waals surface area contributed by atoms with Crippen molar-refractivity contribution < 1.29 is 23.9 Å². The van der Waals surface area contributed by atoms with Gasteiger partial charge in [-0.3, -0.25) is 9.59 Å². The van der Waals surface area contributed by atoms with Gasteiger partial charge >= 0.3 is 11.9 Å². The van der Waals surface area contributed by atoms with E-state index in [2.05, 4.69) is 24.3 Å². The summed E-state index contributed by atoms with van der Waals surface area (Å²) in [4.78, 5) is 38.1. The van der Waals surface area contributed by atoms with Crippen LogP contribution in [0.4, 0.5) is 0 Å². The predicted molar refractivity (Wildman–Crippen MR) is 158 cm³/mol. The van der Waals surface area contributed by atoms with Crippen LogP contribution in [-0.4, -0.2) is 30.4 Å². The minimum atomic E-state index is -0.978. The smallest absolute Gasteiger partial charge is 0.339 e. The lowest BCUT2D eigenvalue weighted by Gasteiger charge is -2.29. The fraction of sp³-hybridized carbons (Fsp3) is 0.364. The van der Waals surface area contributed by atoms with Gasteiger partial charge in [0.2, 0.25) is 0 Å². The zero-order valence-electron chi connectivity index (χ0n) is 23.5. The molecule has 0 aliphatic rings. The molecule has 0 N–H and O–H groups in total. The van der Waals surface area contributed by atoms with Crippen LogP contribution in [0.5, 0.6) is 0 Å². The molecule has 3 aromatic rings. The molecule has 0 saturated heterocycles. The minimum absolute atomic E-state index is 0.0536. The first kappa shape index (κ1) is 30.2. The van der Waals surface area contributed by atoms with E-state index in [0.29, 0.717) is 18.4 Å². The molecule has 0 aromatic heterocycles. The summed E-state index contributed by atoms with van der Waals surface area (Å²) in [5, 5.41) is 3.26. The number of ether oxygens (including phenoxy) is 2. The van der Waals surface area contributed by atoms with E-state index in [1.807, 2.05) is 81.4 Å². The first-order valence-corrected chi connectivity index (χ1v) is 15.0. The SMILES string of the molecule is CCOC(=O)C(CC[C@@H](C)[C@H](OC(=O)c1ccccc1P(c1ccccc1)c1ccccc1)C(C)C)C(C)=O. The molecule has 6 heteroatoms. The summed E-state index contributed by atoms with van der Waals surface area (Å²) in [5.74, 6) is -1.84. The van der Waals surface area contributed by atoms with Crippen LogP contribution in [0.2, 0.25) is 0 Å². The fourth-order valence-corrected chi connectivity index (χ4v) is 7.28. The molecule has 39 heavy (non-hydrogen) atoms. The number of rotatable bonds is 13. The van der Waals surface area contributed by atoms with E-state index < -0.39 is 19.8 Å². The van der Waals surface area contributed by atoms with Gasteiger partial charge in [0.05, 0.1) is 12.2 Å². The molecule has 0 aliphatic heterocycles. The predicted octanol–water partition coefficient (Wildman–Crippen LogP) is 5.81. The molecule has 0 saturated carbocycles. The van der Waals surface area contributed by atoms with Crippen LogP contribution in [0, 0.1) is 17.8 Å². The van der Waals surface area contributed by atoms with E-state index >= 15 is 0 Å². The van der Waals surface area contributed by atoms with Crippen LogP contribution < -0.4 is 15.9 Å². The van der Waals surface area contributed by atoms with E-state index in [1.165, 1.54) is 6.92 Å². The summed E-state index contributed by atoms with van der Waals surface area (Å²) in [6, 6.07) is 28.2. The largest absolute Gasteiger partial charge is 0.465 e. The Morgan fingerprint density at radius 2 is 1.31 bits per heavy atom. The maximum absolute atomic E-state index is 13.8. The van der Waals surface area contributed by atoms with Crippen LogP contribution in [0.25, 0.3) is 0 Å². The van der Waals surface area contributed by atoms with Crippen molar-refractivity contribution in [1.82, 2.24) is 0 Å². The molecule has 0 fully saturated rings. The maximum atomic E-state index is 13.8. The van der Waals surface area contributed by atoms with Crippen molar-refractivity contribution in [2.24, 2.45) is 17.8 Å². The lowest BCUT2D eigenvalue weighted by molar-refractivity contribution is -0.151. The highest BCUT2D eigenvalue weighted by Crippen LogP contribution is 2.34. The Labute approximate surface area is 233 Å². The number of carbonyl (C=O) groups is 3. The summed E-state index contributed by atoms with van der Waals surface area (Å²) in [7, 11) is -0.978. The lowest BCUT2D eigenvalue weighted by Crippen LogP contribution is -2.34. The number of esters is 2. The second-order valence-corrected chi connectivity index (χ2v) is 12.3. The topological polar surface area (TPSA) is 69.7 Å². The summed E-state index contributed by atoms with van der Waals surface area (Å²) in [5.41, 5.74) is 0.558. The summed E-state index contributed by atoms with van der Waals surface area (Å²) >= 11 is 0. The second-order valence-electron chi connectivity index (χ2n) is 10.1. The van der Waals surface area contributed by atoms with Crippen LogP contribution in [0.3, 0.4) is 0 Å². The lowest BCUT2D eigenvalue weighted by atomic mass is 9.87. The Morgan fingerprint density at radius 1 is 0.769 bits per heavy atom. The maximum Gasteiger partial charge on any atom is 0.339 e. The van der Waals surface area contributed by atoms with Gasteiger partial charge in [-0.25, -0.2) is 4.79 Å². The number of carbonyl (C=O) groups excluding carboxylic acids is 3. The Bertz CT molecular complexity index is 1190. The molecule has 0 amide bonds. The van der Waals surface area contributed by atoms with Crippen molar-refractivity contribution in [2.45, 2.75) is 53.6 Å². The van der Waals surface area contributed by atoms with E-state index in [4.69, 9.17) is 9.47 Å². The number of hydrogen-bond donors (Lipinski definition) is 0. The third-order valence-electron chi connectivity index (χ3n) is 6.83. The zero-order valence-corrected chi connectivity index (χ0v) is 24.4. The quantitative estimate of drug-likeness (QED) is 0.154. The summed E-state index contributed by atoms with van der Waals surface area (Å²) < 4.78 is 11.3. The van der Waals surface area contributed by atoms with E-state index in [9.17, 15) is 14.4 Å². The number of ketones is 1.